The maximum atomic E-state index is 13.3. The second kappa shape index (κ2) is 15.9. The number of carboxylic acid groups (broad SMARTS) is 1. The number of nitrogens with zero attached hydrogens (tertiary/aromatic N) is 1. The molecule has 0 radical (unpaired) electrons. The fourth-order valence-electron chi connectivity index (χ4n) is 3.66. The van der Waals surface area contributed by atoms with E-state index in [1.165, 1.54) is 0 Å². The van der Waals surface area contributed by atoms with E-state index in [0.29, 0.717) is 6.42 Å². The summed E-state index contributed by atoms with van der Waals surface area (Å²) in [4.78, 5) is 54.2. The molecule has 0 aliphatic carbocycles. The Balaban J connectivity index is 2.21. The molecule has 2 aromatic rings. The summed E-state index contributed by atoms with van der Waals surface area (Å²) in [6, 6.07) is 14.7. The van der Waals surface area contributed by atoms with E-state index >= 15 is 0 Å². The molecule has 8 N–H and O–H groups in total. The average Bonchev–Trinajstić information content (AvgIpc) is 2.90. The third-order valence-corrected chi connectivity index (χ3v) is 5.77. The van der Waals surface area contributed by atoms with E-state index in [0.717, 1.165) is 11.1 Å². The SMILES string of the molecule is NC(N)=NCCC[C@@H](NC(=O)[C@H](Cc1ccccc1)NC(=O)[C@H](Cc1ccccc1)NC(=O)CCl)C(=O)O. The number of carbonyl (C=O) groups excluding carboxylic acids is 3. The quantitative estimate of drug-likeness (QED) is 0.0804. The number of nitrogens with two attached hydrogens (primary N) is 2. The first kappa shape index (κ1) is 30.1. The Morgan fingerprint density at radius 1 is 0.789 bits per heavy atom. The molecule has 0 aliphatic heterocycles. The Morgan fingerprint density at radius 3 is 1.71 bits per heavy atom. The van der Waals surface area contributed by atoms with Gasteiger partial charge in [0.25, 0.3) is 0 Å². The number of hydrogen-bond acceptors (Lipinski definition) is 5. The monoisotopic (exact) mass is 544 g/mol. The van der Waals surface area contributed by atoms with Gasteiger partial charge in [-0.15, -0.1) is 11.6 Å². The first-order chi connectivity index (χ1) is 18.2. The molecule has 0 aliphatic rings. The highest BCUT2D eigenvalue weighted by atomic mass is 35.5. The molecule has 38 heavy (non-hydrogen) atoms. The van der Waals surface area contributed by atoms with Crippen LogP contribution in [0.1, 0.15) is 24.0 Å². The molecule has 0 heterocycles. The van der Waals surface area contributed by atoms with Crippen molar-refractivity contribution in [3.8, 4) is 0 Å². The van der Waals surface area contributed by atoms with Crippen LogP contribution >= 0.6 is 11.6 Å². The molecular formula is C26H33ClN6O5. The minimum atomic E-state index is -1.23. The van der Waals surface area contributed by atoms with Crippen molar-refractivity contribution < 1.29 is 24.3 Å². The van der Waals surface area contributed by atoms with Crippen molar-refractivity contribution in [2.24, 2.45) is 16.5 Å². The van der Waals surface area contributed by atoms with E-state index in [4.69, 9.17) is 23.1 Å². The number of benzene rings is 2. The molecule has 12 heteroatoms. The largest absolute Gasteiger partial charge is 0.480 e. The summed E-state index contributed by atoms with van der Waals surface area (Å²) in [6.07, 6.45) is 0.651. The van der Waals surface area contributed by atoms with Crippen molar-refractivity contribution >= 4 is 41.3 Å². The second-order valence-electron chi connectivity index (χ2n) is 8.54. The van der Waals surface area contributed by atoms with Gasteiger partial charge in [-0.05, 0) is 24.0 Å². The van der Waals surface area contributed by atoms with Gasteiger partial charge in [0, 0.05) is 19.4 Å². The molecule has 0 fully saturated rings. The molecule has 2 aromatic carbocycles. The zero-order valence-electron chi connectivity index (χ0n) is 20.8. The molecule has 0 aromatic heterocycles. The number of nitrogens with one attached hydrogen (secondary N) is 3. The van der Waals surface area contributed by atoms with Crippen LogP contribution in [0, 0.1) is 0 Å². The van der Waals surface area contributed by atoms with Gasteiger partial charge in [-0.25, -0.2) is 4.79 Å². The Hall–Kier alpha value is -4.12. The molecule has 0 bridgehead atoms. The lowest BCUT2D eigenvalue weighted by Gasteiger charge is -2.25. The lowest BCUT2D eigenvalue weighted by molar-refractivity contribution is -0.142. The van der Waals surface area contributed by atoms with Gasteiger partial charge >= 0.3 is 5.97 Å². The molecule has 2 rings (SSSR count). The third kappa shape index (κ3) is 10.9. The summed E-state index contributed by atoms with van der Waals surface area (Å²) >= 11 is 5.64. The van der Waals surface area contributed by atoms with E-state index in [1.807, 2.05) is 12.1 Å². The number of amides is 3. The average molecular weight is 545 g/mol. The number of hydrogen-bond donors (Lipinski definition) is 6. The summed E-state index contributed by atoms with van der Waals surface area (Å²) < 4.78 is 0. The van der Waals surface area contributed by atoms with Gasteiger partial charge in [0.1, 0.15) is 24.0 Å². The molecule has 0 spiro atoms. The van der Waals surface area contributed by atoms with Gasteiger partial charge in [0.15, 0.2) is 5.96 Å². The number of alkyl halides is 1. The molecule has 0 saturated heterocycles. The number of guanidine groups is 1. The summed E-state index contributed by atoms with van der Waals surface area (Å²) in [5, 5.41) is 17.4. The zero-order chi connectivity index (χ0) is 27.9. The molecule has 11 nitrogen and oxygen atoms in total. The topological polar surface area (TPSA) is 189 Å². The molecule has 0 unspecified atom stereocenters. The van der Waals surface area contributed by atoms with E-state index < -0.39 is 41.8 Å². The third-order valence-electron chi connectivity index (χ3n) is 5.53. The Morgan fingerprint density at radius 2 is 1.26 bits per heavy atom. The van der Waals surface area contributed by atoms with Crippen molar-refractivity contribution in [3.63, 3.8) is 0 Å². The van der Waals surface area contributed by atoms with E-state index in [2.05, 4.69) is 20.9 Å². The van der Waals surface area contributed by atoms with Crippen LogP contribution in [-0.2, 0) is 32.0 Å². The number of aliphatic imine (C=N–C) groups is 1. The van der Waals surface area contributed by atoms with E-state index in [-0.39, 0.29) is 37.6 Å². The lowest BCUT2D eigenvalue weighted by atomic mass is 10.0. The molecule has 3 atom stereocenters. The fourth-order valence-corrected chi connectivity index (χ4v) is 3.73. The predicted molar refractivity (Wildman–Crippen MR) is 144 cm³/mol. The number of aliphatic carboxylic acids is 1. The minimum Gasteiger partial charge on any atom is -0.480 e. The fraction of sp³-hybridized carbons (Fsp3) is 0.346. The van der Waals surface area contributed by atoms with Crippen molar-refractivity contribution in [1.82, 2.24) is 16.0 Å². The van der Waals surface area contributed by atoms with Crippen LogP contribution in [0.25, 0.3) is 0 Å². The van der Waals surface area contributed by atoms with Gasteiger partial charge in [-0.3, -0.25) is 19.4 Å². The molecule has 204 valence electrons. The molecule has 0 saturated carbocycles. The highest BCUT2D eigenvalue weighted by Gasteiger charge is 2.29. The first-order valence-corrected chi connectivity index (χ1v) is 12.5. The van der Waals surface area contributed by atoms with Crippen LogP contribution in [0.3, 0.4) is 0 Å². The Kier molecular flexibility index (Phi) is 12.6. The zero-order valence-corrected chi connectivity index (χ0v) is 21.6. The highest BCUT2D eigenvalue weighted by Crippen LogP contribution is 2.08. The predicted octanol–water partition coefficient (Wildman–Crippen LogP) is 0.303. The van der Waals surface area contributed by atoms with Crippen LogP contribution in [0.4, 0.5) is 0 Å². The van der Waals surface area contributed by atoms with Crippen molar-refractivity contribution in [2.75, 3.05) is 12.4 Å². The van der Waals surface area contributed by atoms with Crippen LogP contribution < -0.4 is 27.4 Å². The minimum absolute atomic E-state index is 0.0757. The number of carboxylic acids is 1. The van der Waals surface area contributed by atoms with Gasteiger partial charge in [-0.1, -0.05) is 60.7 Å². The lowest BCUT2D eigenvalue weighted by Crippen LogP contribution is -2.57. The van der Waals surface area contributed by atoms with Crippen LogP contribution in [0.5, 0.6) is 0 Å². The summed E-state index contributed by atoms with van der Waals surface area (Å²) in [5.74, 6) is -3.52. The van der Waals surface area contributed by atoms with Crippen molar-refractivity contribution in [2.45, 2.75) is 43.8 Å². The van der Waals surface area contributed by atoms with Crippen molar-refractivity contribution in [1.29, 1.82) is 0 Å². The maximum absolute atomic E-state index is 13.3. The van der Waals surface area contributed by atoms with Gasteiger partial charge in [0.2, 0.25) is 17.7 Å². The maximum Gasteiger partial charge on any atom is 0.326 e. The Bertz CT molecular complexity index is 1100. The number of carbonyl (C=O) groups is 4. The molecule has 3 amide bonds. The van der Waals surface area contributed by atoms with Crippen LogP contribution in [0.15, 0.2) is 65.7 Å². The first-order valence-electron chi connectivity index (χ1n) is 12.0. The Labute approximate surface area is 226 Å². The number of rotatable bonds is 15. The van der Waals surface area contributed by atoms with Gasteiger partial charge in [0.05, 0.1) is 0 Å². The van der Waals surface area contributed by atoms with E-state index in [9.17, 15) is 24.3 Å². The standard InChI is InChI=1S/C26H33ClN6O5/c27-16-22(34)31-20(14-17-8-3-1-4-9-17)23(35)33-21(15-18-10-5-2-6-11-18)24(36)32-19(25(37)38)12-7-13-30-26(28)29/h1-6,8-11,19-21H,7,12-16H2,(H,31,34)(H,32,36)(H,33,35)(H,37,38)(H4,28,29,30)/t19-,20+,21+/m1/s1. The number of halogens is 1. The molecular weight excluding hydrogens is 512 g/mol. The van der Waals surface area contributed by atoms with Gasteiger partial charge < -0.3 is 32.5 Å². The van der Waals surface area contributed by atoms with Crippen LogP contribution in [-0.4, -0.2) is 65.3 Å². The van der Waals surface area contributed by atoms with Gasteiger partial charge in [-0.2, -0.15) is 0 Å². The normalized spacial score (nSPS) is 12.9. The summed E-state index contributed by atoms with van der Waals surface area (Å²) in [7, 11) is 0. The second-order valence-corrected chi connectivity index (χ2v) is 8.81. The van der Waals surface area contributed by atoms with Crippen LogP contribution in [0.2, 0.25) is 0 Å². The summed E-state index contributed by atoms with van der Waals surface area (Å²) in [5.41, 5.74) is 12.1. The summed E-state index contributed by atoms with van der Waals surface area (Å²) in [6.45, 7) is 0.202. The van der Waals surface area contributed by atoms with Crippen molar-refractivity contribution in [3.05, 3.63) is 71.8 Å². The highest BCUT2D eigenvalue weighted by molar-refractivity contribution is 6.27. The van der Waals surface area contributed by atoms with E-state index in [1.54, 1.807) is 48.5 Å². The smallest absolute Gasteiger partial charge is 0.326 e.